The van der Waals surface area contributed by atoms with Gasteiger partial charge < -0.3 is 4.90 Å². The van der Waals surface area contributed by atoms with Crippen molar-refractivity contribution >= 4 is 5.91 Å². The van der Waals surface area contributed by atoms with Gasteiger partial charge in [0.05, 0.1) is 18.4 Å². The minimum absolute atomic E-state index is 0.280. The first-order chi connectivity index (χ1) is 7.34. The molecular weight excluding hydrogens is 192 g/mol. The van der Waals surface area contributed by atoms with Crippen molar-refractivity contribution < 1.29 is 4.79 Å². The van der Waals surface area contributed by atoms with Crippen molar-refractivity contribution in [3.63, 3.8) is 0 Å². The minimum atomic E-state index is 0.280. The average Bonchev–Trinajstić information content (AvgIpc) is 2.80. The lowest BCUT2D eigenvalue weighted by Gasteiger charge is -2.15. The zero-order valence-electron chi connectivity index (χ0n) is 8.54. The molecule has 15 heavy (non-hydrogen) atoms. The zero-order valence-corrected chi connectivity index (χ0v) is 8.54. The largest absolute Gasteiger partial charge is 0.340 e. The van der Waals surface area contributed by atoms with Crippen molar-refractivity contribution in [3.8, 4) is 0 Å². The van der Waals surface area contributed by atoms with Crippen molar-refractivity contribution in [1.29, 1.82) is 0 Å². The molecule has 0 N–H and O–H groups in total. The molecule has 3 rings (SSSR count). The van der Waals surface area contributed by atoms with Crippen molar-refractivity contribution in [1.82, 2.24) is 19.9 Å². The number of nitrogens with zero attached hydrogens (tertiary/aromatic N) is 4. The minimum Gasteiger partial charge on any atom is -0.340 e. The van der Waals surface area contributed by atoms with Crippen LogP contribution in [0.3, 0.4) is 0 Å². The van der Waals surface area contributed by atoms with Crippen LogP contribution in [0, 0.1) is 5.92 Å². The van der Waals surface area contributed by atoms with Crippen molar-refractivity contribution in [2.24, 2.45) is 5.92 Å². The SMILES string of the molecule is O=C(C1CC1)N1CCC(n2nccn2)C1. The Balaban J connectivity index is 1.65. The average molecular weight is 206 g/mol. The van der Waals surface area contributed by atoms with Gasteiger partial charge in [-0.15, -0.1) is 0 Å². The Labute approximate surface area is 88.1 Å². The molecule has 1 unspecified atom stereocenters. The molecule has 2 fully saturated rings. The van der Waals surface area contributed by atoms with Crippen LogP contribution in [-0.2, 0) is 4.79 Å². The summed E-state index contributed by atoms with van der Waals surface area (Å²) in [6, 6.07) is 0.280. The fourth-order valence-electron chi connectivity index (χ4n) is 2.13. The molecule has 1 aromatic heterocycles. The molecule has 2 aliphatic rings. The third-order valence-corrected chi connectivity index (χ3v) is 3.16. The Hall–Kier alpha value is -1.39. The van der Waals surface area contributed by atoms with E-state index in [0.29, 0.717) is 11.8 Å². The van der Waals surface area contributed by atoms with Gasteiger partial charge in [-0.25, -0.2) is 0 Å². The van der Waals surface area contributed by atoms with Gasteiger partial charge >= 0.3 is 0 Å². The lowest BCUT2D eigenvalue weighted by molar-refractivity contribution is -0.131. The lowest BCUT2D eigenvalue weighted by Crippen LogP contribution is -2.30. The highest BCUT2D eigenvalue weighted by atomic mass is 16.2. The van der Waals surface area contributed by atoms with E-state index in [1.807, 2.05) is 4.90 Å². The summed E-state index contributed by atoms with van der Waals surface area (Å²) >= 11 is 0. The summed E-state index contributed by atoms with van der Waals surface area (Å²) in [5, 5.41) is 8.24. The van der Waals surface area contributed by atoms with Crippen molar-refractivity contribution in [2.45, 2.75) is 25.3 Å². The summed E-state index contributed by atoms with van der Waals surface area (Å²) in [6.45, 7) is 1.64. The molecule has 80 valence electrons. The molecule has 0 bridgehead atoms. The van der Waals surface area contributed by atoms with Gasteiger partial charge in [-0.2, -0.15) is 15.0 Å². The predicted molar refractivity (Wildman–Crippen MR) is 53.0 cm³/mol. The van der Waals surface area contributed by atoms with E-state index in [9.17, 15) is 4.79 Å². The smallest absolute Gasteiger partial charge is 0.225 e. The van der Waals surface area contributed by atoms with Crippen LogP contribution >= 0.6 is 0 Å². The van der Waals surface area contributed by atoms with Crippen LogP contribution in [0.25, 0.3) is 0 Å². The molecule has 0 spiro atoms. The molecule has 1 saturated carbocycles. The van der Waals surface area contributed by atoms with Gasteiger partial charge in [0.1, 0.15) is 0 Å². The molecule has 0 aromatic carbocycles. The fourth-order valence-corrected chi connectivity index (χ4v) is 2.13. The third kappa shape index (κ3) is 1.62. The van der Waals surface area contributed by atoms with Crippen LogP contribution in [0.4, 0.5) is 0 Å². The van der Waals surface area contributed by atoms with E-state index in [-0.39, 0.29) is 6.04 Å². The van der Waals surface area contributed by atoms with E-state index >= 15 is 0 Å². The van der Waals surface area contributed by atoms with Gasteiger partial charge in [-0.3, -0.25) is 4.79 Å². The Kier molecular flexibility index (Phi) is 1.97. The number of hydrogen-bond donors (Lipinski definition) is 0. The van der Waals surface area contributed by atoms with E-state index < -0.39 is 0 Å². The van der Waals surface area contributed by atoms with E-state index in [4.69, 9.17) is 0 Å². The second-order valence-corrected chi connectivity index (χ2v) is 4.35. The maximum Gasteiger partial charge on any atom is 0.225 e. The van der Waals surface area contributed by atoms with Crippen LogP contribution in [-0.4, -0.2) is 38.9 Å². The number of rotatable bonds is 2. The van der Waals surface area contributed by atoms with Crippen molar-refractivity contribution in [3.05, 3.63) is 12.4 Å². The predicted octanol–water partition coefficient (Wildman–Crippen LogP) is 0.462. The van der Waals surface area contributed by atoms with E-state index in [1.54, 1.807) is 17.2 Å². The van der Waals surface area contributed by atoms with Gasteiger partial charge in [0.15, 0.2) is 0 Å². The highest BCUT2D eigenvalue weighted by Gasteiger charge is 2.37. The molecule has 2 heterocycles. The number of carbonyl (C=O) groups excluding carboxylic acids is 1. The second kappa shape index (κ2) is 3.32. The Morgan fingerprint density at radius 2 is 1.93 bits per heavy atom. The Morgan fingerprint density at radius 1 is 1.20 bits per heavy atom. The van der Waals surface area contributed by atoms with E-state index in [1.165, 1.54) is 0 Å². The maximum absolute atomic E-state index is 11.8. The molecule has 0 radical (unpaired) electrons. The van der Waals surface area contributed by atoms with Gasteiger partial charge in [-0.1, -0.05) is 0 Å². The maximum atomic E-state index is 11.8. The normalized spacial score (nSPS) is 25.9. The second-order valence-electron chi connectivity index (χ2n) is 4.35. The number of amides is 1. The van der Waals surface area contributed by atoms with Crippen LogP contribution < -0.4 is 0 Å². The highest BCUT2D eigenvalue weighted by Crippen LogP contribution is 2.33. The summed E-state index contributed by atoms with van der Waals surface area (Å²) in [4.78, 5) is 15.5. The summed E-state index contributed by atoms with van der Waals surface area (Å²) in [5.74, 6) is 0.666. The van der Waals surface area contributed by atoms with Crippen molar-refractivity contribution in [2.75, 3.05) is 13.1 Å². The standard InChI is InChI=1S/C10H14N4O/c15-10(8-1-2-8)13-6-3-9(7-13)14-11-4-5-12-14/h4-5,8-9H,1-3,6-7H2. The molecule has 1 aliphatic carbocycles. The topological polar surface area (TPSA) is 51.0 Å². The number of carbonyl (C=O) groups is 1. The molecule has 1 aliphatic heterocycles. The lowest BCUT2D eigenvalue weighted by atomic mass is 10.3. The molecular formula is C10H14N4O. The van der Waals surface area contributed by atoms with Gasteiger partial charge in [-0.05, 0) is 19.3 Å². The monoisotopic (exact) mass is 206 g/mol. The summed E-state index contributed by atoms with van der Waals surface area (Å²) in [5.41, 5.74) is 0. The van der Waals surface area contributed by atoms with Crippen LogP contribution in [0.5, 0.6) is 0 Å². The van der Waals surface area contributed by atoms with Crippen LogP contribution in [0.15, 0.2) is 12.4 Å². The highest BCUT2D eigenvalue weighted by molar-refractivity contribution is 5.81. The summed E-state index contributed by atoms with van der Waals surface area (Å²) in [6.07, 6.45) is 6.52. The molecule has 5 heteroatoms. The summed E-state index contributed by atoms with van der Waals surface area (Å²) < 4.78 is 0. The number of aromatic nitrogens is 3. The number of hydrogen-bond acceptors (Lipinski definition) is 3. The van der Waals surface area contributed by atoms with Gasteiger partial charge in [0.2, 0.25) is 5.91 Å². The Morgan fingerprint density at radius 3 is 2.60 bits per heavy atom. The van der Waals surface area contributed by atoms with Crippen LogP contribution in [0.2, 0.25) is 0 Å². The molecule has 5 nitrogen and oxygen atoms in total. The molecule has 1 saturated heterocycles. The number of likely N-dealkylation sites (tertiary alicyclic amines) is 1. The Bertz CT molecular complexity index is 358. The third-order valence-electron chi connectivity index (χ3n) is 3.16. The summed E-state index contributed by atoms with van der Waals surface area (Å²) in [7, 11) is 0. The quantitative estimate of drug-likeness (QED) is 0.706. The van der Waals surface area contributed by atoms with Gasteiger partial charge in [0.25, 0.3) is 0 Å². The molecule has 1 atom stereocenters. The molecule has 1 aromatic rings. The molecule has 1 amide bonds. The first-order valence-electron chi connectivity index (χ1n) is 5.49. The fraction of sp³-hybridized carbons (Fsp3) is 0.700. The zero-order chi connectivity index (χ0) is 10.3. The van der Waals surface area contributed by atoms with Crippen LogP contribution in [0.1, 0.15) is 25.3 Å². The first kappa shape index (κ1) is 8.88. The van der Waals surface area contributed by atoms with Gasteiger partial charge in [0, 0.05) is 19.0 Å². The first-order valence-corrected chi connectivity index (χ1v) is 5.49. The van der Waals surface area contributed by atoms with E-state index in [0.717, 1.165) is 32.4 Å². The van der Waals surface area contributed by atoms with E-state index in [2.05, 4.69) is 10.2 Å².